The standard InChI is InChI=1S/C30H30N6O11S2/c1-5-46-10-11-47-30-35-28(34-29(39)36-30)33-24-13(2)23(14(3)27(15(24)4)49(43,44)45)32-18-12-19(48(40,41)42)22(31)21-20(18)25(37)16-8-6-7-9-17(16)26(21)38/h6-9,12,32H,5,10-11,31H2,1-4H3,(H,40,41,42)(H,43,44,45)(H2,33,34,35,36,39). The van der Waals surface area contributed by atoms with Crippen molar-refractivity contribution >= 4 is 60.5 Å². The molecule has 0 bridgehead atoms. The van der Waals surface area contributed by atoms with E-state index in [2.05, 4.69) is 25.6 Å². The molecule has 1 aliphatic rings. The Hall–Kier alpha value is -5.21. The quantitative estimate of drug-likeness (QED) is 0.0652. The third-order valence-corrected chi connectivity index (χ3v) is 9.73. The third kappa shape index (κ3) is 6.61. The molecule has 0 saturated carbocycles. The third-order valence-electron chi connectivity index (χ3n) is 7.71. The van der Waals surface area contributed by atoms with Gasteiger partial charge in [-0.2, -0.15) is 21.8 Å². The summed E-state index contributed by atoms with van der Waals surface area (Å²) in [6.07, 6.45) is 0. The Morgan fingerprint density at radius 1 is 0.837 bits per heavy atom. The molecule has 3 aromatic carbocycles. The summed E-state index contributed by atoms with van der Waals surface area (Å²) in [5.41, 5.74) is 3.39. The number of carbonyl (C=O) groups excluding carboxylic acids is 2. The summed E-state index contributed by atoms with van der Waals surface area (Å²) in [6, 6.07) is 6.31. The first-order valence-corrected chi connectivity index (χ1v) is 17.3. The number of nitrogens with two attached hydrogens (primary N) is 1. The van der Waals surface area contributed by atoms with Crippen molar-refractivity contribution in [2.45, 2.75) is 37.5 Å². The van der Waals surface area contributed by atoms with Gasteiger partial charge in [-0.05, 0) is 50.5 Å². The van der Waals surface area contributed by atoms with Crippen LogP contribution in [0.2, 0.25) is 0 Å². The van der Waals surface area contributed by atoms with Gasteiger partial charge in [0.15, 0.2) is 11.6 Å². The van der Waals surface area contributed by atoms with E-state index in [9.17, 15) is 40.3 Å². The molecule has 49 heavy (non-hydrogen) atoms. The number of nitrogen functional groups attached to an aromatic ring is 1. The molecule has 17 nitrogen and oxygen atoms in total. The van der Waals surface area contributed by atoms with Gasteiger partial charge in [-0.3, -0.25) is 23.7 Å². The number of aromatic amines is 1. The van der Waals surface area contributed by atoms with Crippen molar-refractivity contribution in [3.63, 3.8) is 0 Å². The van der Waals surface area contributed by atoms with Gasteiger partial charge >= 0.3 is 11.7 Å². The van der Waals surface area contributed by atoms with E-state index in [-0.39, 0.29) is 75.6 Å². The first kappa shape index (κ1) is 35.1. The van der Waals surface area contributed by atoms with Crippen LogP contribution in [-0.4, -0.2) is 72.3 Å². The molecular weight excluding hydrogens is 684 g/mol. The molecule has 7 N–H and O–H groups in total. The summed E-state index contributed by atoms with van der Waals surface area (Å²) in [4.78, 5) is 48.4. The van der Waals surface area contributed by atoms with E-state index < -0.39 is 58.5 Å². The summed E-state index contributed by atoms with van der Waals surface area (Å²) in [5, 5.41) is 5.67. The van der Waals surface area contributed by atoms with Crippen LogP contribution in [0.4, 0.5) is 28.7 Å². The minimum absolute atomic E-state index is 0.00223. The molecule has 1 heterocycles. The van der Waals surface area contributed by atoms with Crippen LogP contribution in [0.25, 0.3) is 0 Å². The number of nitrogens with zero attached hydrogens (tertiary/aromatic N) is 2. The molecule has 19 heteroatoms. The number of rotatable bonds is 11. The highest BCUT2D eigenvalue weighted by atomic mass is 32.2. The van der Waals surface area contributed by atoms with Crippen LogP contribution in [0.1, 0.15) is 55.5 Å². The average molecular weight is 715 g/mol. The molecular formula is C30H30N6O11S2. The van der Waals surface area contributed by atoms with Crippen LogP contribution >= 0.6 is 0 Å². The Balaban J connectivity index is 1.72. The largest absolute Gasteiger partial charge is 0.461 e. The topological polar surface area (TPSA) is 270 Å². The number of aromatic nitrogens is 3. The van der Waals surface area contributed by atoms with Crippen LogP contribution < -0.4 is 26.8 Å². The Morgan fingerprint density at radius 2 is 1.43 bits per heavy atom. The fourth-order valence-corrected chi connectivity index (χ4v) is 7.27. The molecule has 258 valence electrons. The fraction of sp³-hybridized carbons (Fsp3) is 0.233. The highest BCUT2D eigenvalue weighted by Gasteiger charge is 2.37. The zero-order valence-electron chi connectivity index (χ0n) is 26.4. The number of hydrogen-bond donors (Lipinski definition) is 6. The predicted octanol–water partition coefficient (Wildman–Crippen LogP) is 2.84. The van der Waals surface area contributed by atoms with Gasteiger partial charge in [0.25, 0.3) is 20.2 Å². The highest BCUT2D eigenvalue weighted by Crippen LogP contribution is 2.44. The molecule has 0 spiro atoms. The number of hydrogen-bond acceptors (Lipinski definition) is 14. The maximum atomic E-state index is 13.8. The van der Waals surface area contributed by atoms with Gasteiger partial charge in [-0.25, -0.2) is 4.79 Å². The molecule has 0 fully saturated rings. The highest BCUT2D eigenvalue weighted by molar-refractivity contribution is 7.86. The lowest BCUT2D eigenvalue weighted by atomic mass is 9.82. The predicted molar refractivity (Wildman–Crippen MR) is 176 cm³/mol. The van der Waals surface area contributed by atoms with Crippen molar-refractivity contribution in [1.29, 1.82) is 0 Å². The second-order valence-corrected chi connectivity index (χ2v) is 13.5. The molecule has 0 atom stereocenters. The molecule has 0 aliphatic heterocycles. The number of nitrogens with one attached hydrogen (secondary N) is 3. The molecule has 1 aliphatic carbocycles. The zero-order chi connectivity index (χ0) is 36.0. The SMILES string of the molecule is CCOCCOc1nc(Nc2c(C)c(Nc3cc(S(=O)(=O)O)c(N)c4c3C(=O)c3ccccc3C4=O)c(C)c(S(=O)(=O)O)c2C)[nH]c(=O)n1. The van der Waals surface area contributed by atoms with E-state index in [0.29, 0.717) is 6.61 Å². The first-order chi connectivity index (χ1) is 22.9. The number of H-pyrrole nitrogens is 1. The van der Waals surface area contributed by atoms with Crippen molar-refractivity contribution in [1.82, 2.24) is 15.0 Å². The van der Waals surface area contributed by atoms with Crippen LogP contribution in [0.3, 0.4) is 0 Å². The number of anilines is 5. The molecule has 0 radical (unpaired) electrons. The fourth-order valence-electron chi connectivity index (χ4n) is 5.64. The van der Waals surface area contributed by atoms with Gasteiger partial charge in [-0.15, -0.1) is 4.98 Å². The van der Waals surface area contributed by atoms with E-state index in [0.717, 1.165) is 6.07 Å². The molecule has 4 aromatic rings. The van der Waals surface area contributed by atoms with Gasteiger partial charge < -0.3 is 25.8 Å². The lowest BCUT2D eigenvalue weighted by Crippen LogP contribution is -2.25. The zero-order valence-corrected chi connectivity index (χ0v) is 28.0. The second-order valence-electron chi connectivity index (χ2n) is 10.8. The van der Waals surface area contributed by atoms with Crippen LogP contribution in [-0.2, 0) is 25.0 Å². The number of fused-ring (bicyclic) bond motifs is 2. The number of carbonyl (C=O) groups is 2. The van der Waals surface area contributed by atoms with Crippen LogP contribution in [0.5, 0.6) is 6.01 Å². The summed E-state index contributed by atoms with van der Waals surface area (Å²) in [5.74, 6) is -1.74. The van der Waals surface area contributed by atoms with Crippen LogP contribution in [0, 0.1) is 20.8 Å². The van der Waals surface area contributed by atoms with Crippen LogP contribution in [0.15, 0.2) is 44.9 Å². The lowest BCUT2D eigenvalue weighted by Gasteiger charge is -2.26. The summed E-state index contributed by atoms with van der Waals surface area (Å²) >= 11 is 0. The van der Waals surface area contributed by atoms with Gasteiger partial charge in [0.2, 0.25) is 5.95 Å². The van der Waals surface area contributed by atoms with Gasteiger partial charge in [-0.1, -0.05) is 24.3 Å². The maximum Gasteiger partial charge on any atom is 0.352 e. The molecule has 1 aromatic heterocycles. The maximum absolute atomic E-state index is 13.8. The van der Waals surface area contributed by atoms with Crippen molar-refractivity contribution in [3.05, 3.63) is 79.8 Å². The lowest BCUT2D eigenvalue weighted by molar-refractivity contribution is 0.0980. The normalized spacial score (nSPS) is 12.8. The van der Waals surface area contributed by atoms with Gasteiger partial charge in [0, 0.05) is 23.4 Å². The van der Waals surface area contributed by atoms with E-state index in [1.807, 2.05) is 0 Å². The Morgan fingerprint density at radius 3 is 2.00 bits per heavy atom. The number of benzene rings is 3. The van der Waals surface area contributed by atoms with E-state index in [1.165, 1.54) is 45.0 Å². The van der Waals surface area contributed by atoms with Gasteiger partial charge in [0.1, 0.15) is 16.4 Å². The monoisotopic (exact) mass is 714 g/mol. The molecule has 5 rings (SSSR count). The van der Waals surface area contributed by atoms with Crippen molar-refractivity contribution in [2.75, 3.05) is 36.2 Å². The van der Waals surface area contributed by atoms with E-state index in [4.69, 9.17) is 15.2 Å². The summed E-state index contributed by atoms with van der Waals surface area (Å²) in [6.45, 7) is 6.63. The second kappa shape index (κ2) is 13.0. The minimum Gasteiger partial charge on any atom is -0.461 e. The smallest absolute Gasteiger partial charge is 0.352 e. The average Bonchev–Trinajstić information content (AvgIpc) is 3.01. The van der Waals surface area contributed by atoms with Crippen molar-refractivity contribution in [3.8, 4) is 6.01 Å². The minimum atomic E-state index is -5.07. The van der Waals surface area contributed by atoms with Crippen molar-refractivity contribution < 1.29 is 45.0 Å². The summed E-state index contributed by atoms with van der Waals surface area (Å²) < 4.78 is 81.2. The van der Waals surface area contributed by atoms with E-state index >= 15 is 0 Å². The number of ether oxygens (including phenoxy) is 2. The number of ketones is 2. The van der Waals surface area contributed by atoms with E-state index in [1.54, 1.807) is 6.92 Å². The molecule has 0 saturated heterocycles. The Bertz CT molecular complexity index is 2340. The molecule has 0 unspecified atom stereocenters. The molecule has 0 amide bonds. The Kier molecular flexibility index (Phi) is 9.32. The van der Waals surface area contributed by atoms with Crippen molar-refractivity contribution in [2.24, 2.45) is 0 Å². The van der Waals surface area contributed by atoms with Gasteiger partial charge in [0.05, 0.1) is 34.8 Å². The Labute approximate surface area is 279 Å². The first-order valence-electron chi connectivity index (χ1n) is 14.4. The summed E-state index contributed by atoms with van der Waals surface area (Å²) in [7, 11) is -10.0.